The van der Waals surface area contributed by atoms with E-state index in [1.165, 1.54) is 83.1 Å². The van der Waals surface area contributed by atoms with Crippen molar-refractivity contribution >= 4 is 10.4 Å². The topological polar surface area (TPSA) is 123 Å². The molecule has 0 bridgehead atoms. The average Bonchev–Trinajstić information content (AvgIpc) is 2.76. The van der Waals surface area contributed by atoms with Crippen LogP contribution in [-0.2, 0) is 27.5 Å². The Morgan fingerprint density at radius 2 is 1.30 bits per heavy atom. The molecule has 8 nitrogen and oxygen atoms in total. The summed E-state index contributed by atoms with van der Waals surface area (Å²) in [5.41, 5.74) is 1.37. The third-order valence-electron chi connectivity index (χ3n) is 5.70. The predicted molar refractivity (Wildman–Crippen MR) is 116 cm³/mol. The summed E-state index contributed by atoms with van der Waals surface area (Å²) < 4.78 is 31.6. The predicted octanol–water partition coefficient (Wildman–Crippen LogP) is 1.79. The van der Waals surface area contributed by atoms with E-state index in [1.807, 2.05) is 0 Å². The maximum Gasteiger partial charge on any atom is 0.394 e. The molecule has 0 aromatic rings. The largest absolute Gasteiger partial charge is 0.394 e. The number of nitrogens with one attached hydrogen (secondary N) is 4. The fourth-order valence-corrected chi connectivity index (χ4v) is 4.28. The van der Waals surface area contributed by atoms with Crippen LogP contribution in [0.15, 0.2) is 23.9 Å². The molecule has 1 radical (unpaired) electrons. The Balaban J connectivity index is 0.000000241. The maximum atomic E-state index is 8.74. The van der Waals surface area contributed by atoms with E-state index >= 15 is 0 Å². The van der Waals surface area contributed by atoms with Gasteiger partial charge in [0, 0.05) is 47.4 Å². The summed E-state index contributed by atoms with van der Waals surface area (Å²) in [6.07, 6.45) is 18.8. The van der Waals surface area contributed by atoms with Crippen molar-refractivity contribution in [2.45, 2.75) is 75.9 Å². The number of hydrogen-bond acceptors (Lipinski definition) is 6. The second-order valence-corrected chi connectivity index (χ2v) is 8.89. The number of rotatable bonds is 2. The van der Waals surface area contributed by atoms with Gasteiger partial charge >= 0.3 is 10.4 Å². The van der Waals surface area contributed by atoms with Gasteiger partial charge in [-0.3, -0.25) is 9.11 Å². The van der Waals surface area contributed by atoms with Gasteiger partial charge in [-0.05, 0) is 64.2 Å². The van der Waals surface area contributed by atoms with E-state index in [-0.39, 0.29) is 17.1 Å². The molecule has 3 saturated heterocycles. The smallest absolute Gasteiger partial charge is 0.384 e. The second kappa shape index (κ2) is 15.4. The van der Waals surface area contributed by atoms with Crippen LogP contribution in [-0.4, -0.2) is 61.8 Å². The molecule has 3 unspecified atom stereocenters. The molecule has 10 heteroatoms. The first-order chi connectivity index (χ1) is 13.9. The van der Waals surface area contributed by atoms with E-state index in [2.05, 4.69) is 39.5 Å². The molecule has 179 valence electrons. The van der Waals surface area contributed by atoms with Gasteiger partial charge in [0.2, 0.25) is 0 Å². The molecule has 0 aromatic heterocycles. The summed E-state index contributed by atoms with van der Waals surface area (Å²) in [4.78, 5) is 0. The SMILES string of the molecule is C1=CCNC(C2CCCCN2)=C1.C1CCC(C2CCCCN2)NC1.O=S(=O)(O)O.[Cu]. The molecule has 30 heavy (non-hydrogen) atoms. The molecule has 4 aliphatic rings. The Morgan fingerprint density at radius 1 is 0.800 bits per heavy atom. The molecule has 4 aliphatic heterocycles. The van der Waals surface area contributed by atoms with Crippen molar-refractivity contribution in [1.82, 2.24) is 21.3 Å². The molecular weight excluding hydrogens is 456 g/mol. The van der Waals surface area contributed by atoms with Crippen LogP contribution in [0, 0.1) is 0 Å². The molecule has 0 saturated carbocycles. The van der Waals surface area contributed by atoms with Crippen LogP contribution in [0.3, 0.4) is 0 Å². The summed E-state index contributed by atoms with van der Waals surface area (Å²) >= 11 is 0. The van der Waals surface area contributed by atoms with E-state index in [0.29, 0.717) is 6.04 Å². The van der Waals surface area contributed by atoms with Crippen LogP contribution >= 0.6 is 0 Å². The van der Waals surface area contributed by atoms with Crippen LogP contribution < -0.4 is 21.3 Å². The van der Waals surface area contributed by atoms with Crippen molar-refractivity contribution in [3.63, 3.8) is 0 Å². The summed E-state index contributed by atoms with van der Waals surface area (Å²) in [6, 6.07) is 2.14. The van der Waals surface area contributed by atoms with E-state index in [1.54, 1.807) is 0 Å². The fraction of sp³-hybridized carbons (Fsp3) is 0.800. The Labute approximate surface area is 192 Å². The Hall–Kier alpha value is -0.451. The monoisotopic (exact) mass is 493 g/mol. The molecule has 3 fully saturated rings. The van der Waals surface area contributed by atoms with E-state index in [0.717, 1.165) is 18.6 Å². The molecule has 0 aliphatic carbocycles. The van der Waals surface area contributed by atoms with Crippen LogP contribution in [0.2, 0.25) is 0 Å². The van der Waals surface area contributed by atoms with Gasteiger partial charge in [-0.1, -0.05) is 31.4 Å². The van der Waals surface area contributed by atoms with Crippen molar-refractivity contribution < 1.29 is 34.6 Å². The quantitative estimate of drug-likeness (QED) is 0.254. The van der Waals surface area contributed by atoms with Crippen LogP contribution in [0.1, 0.15) is 57.8 Å². The normalized spacial score (nSPS) is 28.9. The third kappa shape index (κ3) is 12.4. The van der Waals surface area contributed by atoms with Crippen molar-refractivity contribution in [3.05, 3.63) is 23.9 Å². The number of piperidine rings is 3. The Morgan fingerprint density at radius 3 is 1.67 bits per heavy atom. The molecule has 6 N–H and O–H groups in total. The zero-order valence-corrected chi connectivity index (χ0v) is 19.3. The molecule has 0 spiro atoms. The first-order valence-electron chi connectivity index (χ1n) is 10.9. The fourth-order valence-electron chi connectivity index (χ4n) is 4.28. The molecule has 4 rings (SSSR count). The molecule has 0 amide bonds. The summed E-state index contributed by atoms with van der Waals surface area (Å²) in [5, 5.41) is 14.2. The van der Waals surface area contributed by atoms with Crippen molar-refractivity contribution in [2.75, 3.05) is 26.2 Å². The zero-order valence-electron chi connectivity index (χ0n) is 17.6. The van der Waals surface area contributed by atoms with Crippen LogP contribution in [0.5, 0.6) is 0 Å². The minimum Gasteiger partial charge on any atom is -0.384 e. The first kappa shape index (κ1) is 27.6. The maximum absolute atomic E-state index is 8.74. The van der Waals surface area contributed by atoms with Crippen LogP contribution in [0.25, 0.3) is 0 Å². The average molecular weight is 494 g/mol. The Kier molecular flexibility index (Phi) is 14.1. The van der Waals surface area contributed by atoms with Gasteiger partial charge in [0.15, 0.2) is 0 Å². The van der Waals surface area contributed by atoms with Gasteiger partial charge in [0.25, 0.3) is 0 Å². The van der Waals surface area contributed by atoms with Crippen LogP contribution in [0.4, 0.5) is 0 Å². The minimum atomic E-state index is -4.67. The van der Waals surface area contributed by atoms with Gasteiger partial charge in [-0.25, -0.2) is 0 Å². The molecule has 3 atom stereocenters. The zero-order chi connectivity index (χ0) is 21.0. The molecular formula is C20H38CuN4O4S. The number of allylic oxidation sites excluding steroid dienone is 2. The van der Waals surface area contributed by atoms with Crippen molar-refractivity contribution in [1.29, 1.82) is 0 Å². The van der Waals surface area contributed by atoms with Gasteiger partial charge < -0.3 is 21.3 Å². The number of hydrogen-bond donors (Lipinski definition) is 6. The second-order valence-electron chi connectivity index (χ2n) is 7.99. The first-order valence-corrected chi connectivity index (χ1v) is 12.3. The Bertz CT molecular complexity index is 588. The van der Waals surface area contributed by atoms with Crippen molar-refractivity contribution in [2.24, 2.45) is 0 Å². The number of dihydropyridines is 1. The summed E-state index contributed by atoms with van der Waals surface area (Å²) in [6.45, 7) is 4.64. The summed E-state index contributed by atoms with van der Waals surface area (Å²) in [5.74, 6) is 0. The van der Waals surface area contributed by atoms with E-state index in [4.69, 9.17) is 17.5 Å². The summed E-state index contributed by atoms with van der Waals surface area (Å²) in [7, 11) is -4.67. The third-order valence-corrected chi connectivity index (χ3v) is 5.70. The molecule has 0 aromatic carbocycles. The van der Waals surface area contributed by atoms with Gasteiger partial charge in [0.05, 0.1) is 0 Å². The van der Waals surface area contributed by atoms with E-state index in [9.17, 15) is 0 Å². The molecule has 4 heterocycles. The van der Waals surface area contributed by atoms with E-state index < -0.39 is 10.4 Å². The van der Waals surface area contributed by atoms with Gasteiger partial charge in [-0.2, -0.15) is 8.42 Å². The standard InChI is InChI=1S/C10H20N2.C10H16N2.Cu.H2O4S/c2*1-3-7-11-9(5-1)10-6-2-4-8-12-10;;1-5(2,3)4/h9-12H,1-8H2;1,3,5,10-12H,2,4,6-8H2;;(H2,1,2,3,4). The van der Waals surface area contributed by atoms with Gasteiger partial charge in [-0.15, -0.1) is 0 Å². The minimum absolute atomic E-state index is 0. The van der Waals surface area contributed by atoms with Crippen molar-refractivity contribution in [3.8, 4) is 0 Å². The van der Waals surface area contributed by atoms with Gasteiger partial charge in [0.1, 0.15) is 0 Å².